The second-order valence-electron chi connectivity index (χ2n) is 13.0. The van der Waals surface area contributed by atoms with Crippen molar-refractivity contribution in [1.29, 1.82) is 0 Å². The van der Waals surface area contributed by atoms with Crippen LogP contribution in [0.25, 0.3) is 99.9 Å². The zero-order chi connectivity index (χ0) is 43.7. The van der Waals surface area contributed by atoms with Gasteiger partial charge in [-0.3, -0.25) is 0 Å². The number of nitrogens with zero attached hydrogens (tertiary/aromatic N) is 3. The van der Waals surface area contributed by atoms with E-state index >= 15 is 0 Å². The molecule has 3 nitrogen and oxygen atoms in total. The number of benzene rings is 9. The molecule has 9 aromatic carbocycles. The van der Waals surface area contributed by atoms with E-state index in [1.54, 1.807) is 6.07 Å². The van der Waals surface area contributed by atoms with Crippen LogP contribution in [0.3, 0.4) is 0 Å². The van der Waals surface area contributed by atoms with Gasteiger partial charge < -0.3 is 0 Å². The molecule has 0 bridgehead atoms. The summed E-state index contributed by atoms with van der Waals surface area (Å²) in [6, 6.07) is 43.3. The van der Waals surface area contributed by atoms with E-state index in [2.05, 4.69) is 0 Å². The molecule has 0 amide bonds. The van der Waals surface area contributed by atoms with Crippen molar-refractivity contribution in [2.45, 2.75) is 0 Å². The maximum absolute atomic E-state index is 9.56. The zero-order valence-electron chi connectivity index (χ0n) is 37.7. The Kier molecular flexibility index (Phi) is 5.79. The maximum atomic E-state index is 9.56. The fourth-order valence-electron chi connectivity index (χ4n) is 6.92. The van der Waals surface area contributed by atoms with Crippen LogP contribution < -0.4 is 0 Å². The Morgan fingerprint density at radius 1 is 0.315 bits per heavy atom. The van der Waals surface area contributed by atoms with Gasteiger partial charge in [0.2, 0.25) is 0 Å². The lowest BCUT2D eigenvalue weighted by Gasteiger charge is -2.13. The summed E-state index contributed by atoms with van der Waals surface area (Å²) in [6.45, 7) is 0. The van der Waals surface area contributed by atoms with Gasteiger partial charge >= 0.3 is 0 Å². The molecule has 0 fully saturated rings. The fourth-order valence-corrected chi connectivity index (χ4v) is 6.92. The van der Waals surface area contributed by atoms with Crippen LogP contribution in [-0.2, 0) is 0 Å². The number of rotatable bonds is 6. The Bertz CT molecular complexity index is 3490. The molecule has 10 aromatic rings. The highest BCUT2D eigenvalue weighted by Crippen LogP contribution is 2.37. The van der Waals surface area contributed by atoms with Gasteiger partial charge in [0.05, 0.1) is 12.3 Å². The molecular formula is C51H33N3. The highest BCUT2D eigenvalue weighted by molar-refractivity contribution is 6.02. The van der Waals surface area contributed by atoms with Gasteiger partial charge in [0, 0.05) is 16.7 Å². The van der Waals surface area contributed by atoms with Crippen molar-refractivity contribution in [3.63, 3.8) is 0 Å². The lowest BCUT2D eigenvalue weighted by Crippen LogP contribution is -2.00. The molecule has 0 saturated carbocycles. The van der Waals surface area contributed by atoms with E-state index in [-0.39, 0.29) is 58.8 Å². The number of hydrogen-bond donors (Lipinski definition) is 0. The van der Waals surface area contributed by atoms with Crippen LogP contribution in [0, 0.1) is 0 Å². The van der Waals surface area contributed by atoms with Crippen LogP contribution in [-0.4, -0.2) is 15.0 Å². The molecule has 0 aliphatic rings. The Labute approximate surface area is 326 Å². The van der Waals surface area contributed by atoms with Gasteiger partial charge in [0.25, 0.3) is 0 Å². The van der Waals surface area contributed by atoms with Crippen molar-refractivity contribution < 1.29 is 12.3 Å². The SMILES string of the molecule is [2H]c1c([2H])c([2H])c(-c2cc(-c3ccc4cc(-c5c([2H])c([2H])c([2H])c(-c6nc(-c7ccccc7)nc(-c7ccc8ccccc8c7)n6)c5[2H])ccc4c3)c3ccccc3c2)c([2H])c1[2H]. The molecule has 1 aromatic heterocycles. The van der Waals surface area contributed by atoms with Crippen LogP contribution in [0.4, 0.5) is 0 Å². The Morgan fingerprint density at radius 3 is 1.67 bits per heavy atom. The van der Waals surface area contributed by atoms with Crippen LogP contribution >= 0.6 is 0 Å². The van der Waals surface area contributed by atoms with Crippen LogP contribution in [0.5, 0.6) is 0 Å². The minimum atomic E-state index is -0.446. The molecule has 0 radical (unpaired) electrons. The third-order valence-electron chi connectivity index (χ3n) is 9.61. The summed E-state index contributed by atoms with van der Waals surface area (Å²) < 4.78 is 78.6. The van der Waals surface area contributed by atoms with Gasteiger partial charge in [-0.2, -0.15) is 0 Å². The molecule has 0 saturated heterocycles. The fraction of sp³-hybridized carbons (Fsp3) is 0. The van der Waals surface area contributed by atoms with E-state index in [4.69, 9.17) is 25.9 Å². The molecule has 0 spiro atoms. The van der Waals surface area contributed by atoms with Crippen LogP contribution in [0.2, 0.25) is 0 Å². The normalized spacial score (nSPS) is 13.7. The third kappa shape index (κ3) is 5.98. The third-order valence-corrected chi connectivity index (χ3v) is 9.61. The lowest BCUT2D eigenvalue weighted by molar-refractivity contribution is 1.07. The summed E-state index contributed by atoms with van der Waals surface area (Å²) in [5.41, 5.74) is 4.42. The first kappa shape index (κ1) is 23.4. The first-order valence-corrected chi connectivity index (χ1v) is 17.5. The second kappa shape index (κ2) is 13.4. The van der Waals surface area contributed by atoms with Gasteiger partial charge in [0.1, 0.15) is 0 Å². The van der Waals surface area contributed by atoms with Crippen molar-refractivity contribution in [3.05, 3.63) is 200 Å². The van der Waals surface area contributed by atoms with Crippen molar-refractivity contribution in [3.8, 4) is 67.5 Å². The first-order valence-electron chi connectivity index (χ1n) is 22.0. The summed E-state index contributed by atoms with van der Waals surface area (Å²) in [4.78, 5) is 14.5. The molecule has 0 unspecified atom stereocenters. The molecule has 0 aliphatic carbocycles. The topological polar surface area (TPSA) is 38.7 Å². The summed E-state index contributed by atoms with van der Waals surface area (Å²) in [7, 11) is 0. The monoisotopic (exact) mass is 696 g/mol. The highest BCUT2D eigenvalue weighted by Gasteiger charge is 2.14. The van der Waals surface area contributed by atoms with Gasteiger partial charge in [-0.15, -0.1) is 0 Å². The molecule has 0 aliphatic heterocycles. The predicted octanol–water partition coefficient (Wildman–Crippen LogP) is 13.3. The van der Waals surface area contributed by atoms with Gasteiger partial charge in [-0.05, 0) is 102 Å². The molecular weight excluding hydrogens is 655 g/mol. The molecule has 0 atom stereocenters. The smallest absolute Gasteiger partial charge is 0.164 e. The number of hydrogen-bond acceptors (Lipinski definition) is 3. The number of aromatic nitrogens is 3. The van der Waals surface area contributed by atoms with E-state index in [0.29, 0.717) is 28.3 Å². The average molecular weight is 697 g/mol. The van der Waals surface area contributed by atoms with E-state index < -0.39 is 18.1 Å². The van der Waals surface area contributed by atoms with Crippen molar-refractivity contribution in [2.24, 2.45) is 0 Å². The van der Waals surface area contributed by atoms with E-state index in [1.807, 2.05) is 140 Å². The second-order valence-corrected chi connectivity index (χ2v) is 13.0. The summed E-state index contributed by atoms with van der Waals surface area (Å²) in [5, 5.41) is 5.46. The van der Waals surface area contributed by atoms with Crippen molar-refractivity contribution in [1.82, 2.24) is 15.0 Å². The standard InChI is InChI=1S/C51H33N3/c1-3-12-34(13-4-1)46-32-42-18-9-10-21-47(42)48(33-46)43-26-25-40-28-39(23-24-41(40)29-43)38-19-11-20-44(31-38)50-52-49(36-15-5-2-6-16-36)53-51(54-50)45-27-22-35-14-7-8-17-37(35)30-45/h1-33H/i1D,3D,4D,11D,12D,13D,19D,20D,31D. The Hall–Kier alpha value is -7.23. The minimum absolute atomic E-state index is 0.0222. The van der Waals surface area contributed by atoms with Crippen LogP contribution in [0.15, 0.2) is 200 Å². The molecule has 252 valence electrons. The first-order chi connectivity index (χ1) is 30.5. The van der Waals surface area contributed by atoms with E-state index in [1.165, 1.54) is 0 Å². The van der Waals surface area contributed by atoms with Crippen molar-refractivity contribution in [2.75, 3.05) is 0 Å². The minimum Gasteiger partial charge on any atom is -0.208 e. The van der Waals surface area contributed by atoms with Gasteiger partial charge in [-0.1, -0.05) is 164 Å². The largest absolute Gasteiger partial charge is 0.208 e. The average Bonchev–Trinajstić information content (AvgIpc) is 3.31. The van der Waals surface area contributed by atoms with E-state index in [0.717, 1.165) is 49.0 Å². The zero-order valence-corrected chi connectivity index (χ0v) is 28.7. The molecule has 0 N–H and O–H groups in total. The van der Waals surface area contributed by atoms with E-state index in [9.17, 15) is 1.37 Å². The quantitative estimate of drug-likeness (QED) is 0.174. The predicted molar refractivity (Wildman–Crippen MR) is 225 cm³/mol. The number of fused-ring (bicyclic) bond motifs is 3. The highest BCUT2D eigenvalue weighted by atomic mass is 15.0. The Morgan fingerprint density at radius 2 is 0.852 bits per heavy atom. The van der Waals surface area contributed by atoms with Crippen LogP contribution in [0.1, 0.15) is 12.3 Å². The van der Waals surface area contributed by atoms with Gasteiger partial charge in [-0.25, -0.2) is 15.0 Å². The summed E-state index contributed by atoms with van der Waals surface area (Å²) in [6.07, 6.45) is 0. The Balaban J connectivity index is 1.10. The maximum Gasteiger partial charge on any atom is 0.164 e. The lowest BCUT2D eigenvalue weighted by atomic mass is 9.91. The summed E-state index contributed by atoms with van der Waals surface area (Å²) >= 11 is 0. The molecule has 10 rings (SSSR count). The molecule has 54 heavy (non-hydrogen) atoms. The van der Waals surface area contributed by atoms with Gasteiger partial charge in [0.15, 0.2) is 17.5 Å². The molecule has 1 heterocycles. The molecule has 3 heteroatoms. The summed E-state index contributed by atoms with van der Waals surface area (Å²) in [5.74, 6) is 0.749. The van der Waals surface area contributed by atoms with Crippen molar-refractivity contribution >= 4 is 32.3 Å².